The number of hydrogen-bond donors (Lipinski definition) is 0. The van der Waals surface area contributed by atoms with E-state index in [1.165, 1.54) is 0 Å². The highest BCUT2D eigenvalue weighted by Gasteiger charge is 2.42. The molecule has 3 aliphatic rings. The van der Waals surface area contributed by atoms with Crippen molar-refractivity contribution >= 4 is 11.8 Å². The molecule has 2 atom stereocenters. The van der Waals surface area contributed by atoms with Crippen LogP contribution in [0, 0.1) is 11.8 Å². The second-order valence-corrected chi connectivity index (χ2v) is 7.96. The molecule has 0 N–H and O–H groups in total. The van der Waals surface area contributed by atoms with Gasteiger partial charge in [-0.25, -0.2) is 0 Å². The van der Waals surface area contributed by atoms with E-state index in [1.54, 1.807) is 0 Å². The number of carbonyl (C=O) groups is 2. The summed E-state index contributed by atoms with van der Waals surface area (Å²) in [6.07, 6.45) is 3.03. The van der Waals surface area contributed by atoms with E-state index in [2.05, 4.69) is 23.8 Å². The Morgan fingerprint density at radius 2 is 1.62 bits per heavy atom. The lowest BCUT2D eigenvalue weighted by atomic mass is 10.0. The van der Waals surface area contributed by atoms with Crippen LogP contribution in [0.3, 0.4) is 0 Å². The van der Waals surface area contributed by atoms with Crippen LogP contribution in [0.5, 0.6) is 0 Å². The number of hydrogen-bond acceptors (Lipinski definition) is 4. The average molecular weight is 336 g/mol. The molecule has 2 amide bonds. The fraction of sp³-hybridized carbons (Fsp3) is 0.889. The van der Waals surface area contributed by atoms with Crippen LogP contribution in [0.2, 0.25) is 0 Å². The van der Waals surface area contributed by atoms with Crippen LogP contribution in [0.15, 0.2) is 0 Å². The van der Waals surface area contributed by atoms with E-state index in [0.29, 0.717) is 24.4 Å². The first-order valence-corrected chi connectivity index (χ1v) is 9.41. The van der Waals surface area contributed by atoms with Gasteiger partial charge in [-0.1, -0.05) is 6.92 Å². The number of likely N-dealkylation sites (N-methyl/N-ethyl adjacent to an activating group) is 1. The fourth-order valence-corrected chi connectivity index (χ4v) is 3.92. The Labute approximate surface area is 145 Å². The number of carbonyl (C=O) groups excluding carboxylic acids is 2. The van der Waals surface area contributed by atoms with Crippen LogP contribution in [0.4, 0.5) is 0 Å². The summed E-state index contributed by atoms with van der Waals surface area (Å²) >= 11 is 0. The SMILES string of the molecule is C[C@H]1C[C@@H]1C(=O)N(C)C1CCN(CC(=O)N2CCN(C)CC2)CC1. The summed E-state index contributed by atoms with van der Waals surface area (Å²) in [6.45, 7) is 8.17. The molecule has 0 bridgehead atoms. The predicted molar refractivity (Wildman–Crippen MR) is 93.6 cm³/mol. The molecule has 0 radical (unpaired) electrons. The van der Waals surface area contributed by atoms with Gasteiger partial charge < -0.3 is 14.7 Å². The van der Waals surface area contributed by atoms with Gasteiger partial charge in [0.2, 0.25) is 11.8 Å². The maximum atomic E-state index is 12.4. The molecule has 0 aromatic heterocycles. The van der Waals surface area contributed by atoms with Crippen LogP contribution in [-0.2, 0) is 9.59 Å². The van der Waals surface area contributed by atoms with Crippen molar-refractivity contribution in [1.82, 2.24) is 19.6 Å². The van der Waals surface area contributed by atoms with Gasteiger partial charge in [-0.15, -0.1) is 0 Å². The lowest BCUT2D eigenvalue weighted by Gasteiger charge is -2.38. The molecule has 3 rings (SSSR count). The number of piperazine rings is 1. The van der Waals surface area contributed by atoms with Gasteiger partial charge in [-0.2, -0.15) is 0 Å². The Morgan fingerprint density at radius 1 is 1.04 bits per heavy atom. The molecule has 6 heteroatoms. The molecular formula is C18H32N4O2. The minimum atomic E-state index is 0.262. The molecule has 2 heterocycles. The summed E-state index contributed by atoms with van der Waals surface area (Å²) < 4.78 is 0. The highest BCUT2D eigenvalue weighted by Crippen LogP contribution is 2.39. The minimum absolute atomic E-state index is 0.262. The summed E-state index contributed by atoms with van der Waals surface area (Å²) in [5.74, 6) is 1.43. The van der Waals surface area contributed by atoms with Gasteiger partial charge in [0.25, 0.3) is 0 Å². The maximum absolute atomic E-state index is 12.4. The van der Waals surface area contributed by atoms with E-state index in [9.17, 15) is 9.59 Å². The summed E-state index contributed by atoms with van der Waals surface area (Å²) in [7, 11) is 4.07. The maximum Gasteiger partial charge on any atom is 0.236 e. The zero-order chi connectivity index (χ0) is 17.3. The van der Waals surface area contributed by atoms with Crippen molar-refractivity contribution in [1.29, 1.82) is 0 Å². The molecule has 0 aromatic rings. The predicted octanol–water partition coefficient (Wildman–Crippen LogP) is 0.339. The summed E-state index contributed by atoms with van der Waals surface area (Å²) in [5.41, 5.74) is 0. The van der Waals surface area contributed by atoms with E-state index in [-0.39, 0.29) is 11.8 Å². The molecule has 2 aliphatic heterocycles. The summed E-state index contributed by atoms with van der Waals surface area (Å²) in [6, 6.07) is 0.347. The number of nitrogens with zero attached hydrogens (tertiary/aromatic N) is 4. The molecule has 3 fully saturated rings. The van der Waals surface area contributed by atoms with Crippen LogP contribution < -0.4 is 0 Å². The van der Waals surface area contributed by atoms with Gasteiger partial charge in [0.15, 0.2) is 0 Å². The van der Waals surface area contributed by atoms with Crippen LogP contribution in [0.25, 0.3) is 0 Å². The van der Waals surface area contributed by atoms with Crippen LogP contribution in [0.1, 0.15) is 26.2 Å². The quantitative estimate of drug-likeness (QED) is 0.743. The Bertz CT molecular complexity index is 468. The highest BCUT2D eigenvalue weighted by atomic mass is 16.2. The Morgan fingerprint density at radius 3 is 2.17 bits per heavy atom. The van der Waals surface area contributed by atoms with Crippen molar-refractivity contribution < 1.29 is 9.59 Å². The van der Waals surface area contributed by atoms with Crippen LogP contribution in [-0.4, -0.2) is 97.4 Å². The minimum Gasteiger partial charge on any atom is -0.342 e. The molecule has 0 spiro atoms. The third-order valence-electron chi connectivity index (χ3n) is 6.09. The molecule has 0 aromatic carbocycles. The van der Waals surface area contributed by atoms with Crippen molar-refractivity contribution in [2.24, 2.45) is 11.8 Å². The van der Waals surface area contributed by atoms with Gasteiger partial charge in [-0.05, 0) is 32.2 Å². The van der Waals surface area contributed by atoms with Gasteiger partial charge in [-0.3, -0.25) is 14.5 Å². The molecule has 24 heavy (non-hydrogen) atoms. The Hall–Kier alpha value is -1.14. The summed E-state index contributed by atoms with van der Waals surface area (Å²) in [4.78, 5) is 33.3. The van der Waals surface area contributed by atoms with E-state index >= 15 is 0 Å². The van der Waals surface area contributed by atoms with E-state index < -0.39 is 0 Å². The van der Waals surface area contributed by atoms with Gasteiger partial charge in [0.1, 0.15) is 0 Å². The second-order valence-electron chi connectivity index (χ2n) is 7.96. The smallest absolute Gasteiger partial charge is 0.236 e. The van der Waals surface area contributed by atoms with Crippen molar-refractivity contribution in [3.63, 3.8) is 0 Å². The zero-order valence-electron chi connectivity index (χ0n) is 15.4. The molecular weight excluding hydrogens is 304 g/mol. The average Bonchev–Trinajstić information content (AvgIpc) is 3.31. The molecule has 0 unspecified atom stereocenters. The molecule has 1 aliphatic carbocycles. The third kappa shape index (κ3) is 4.09. The first-order chi connectivity index (χ1) is 11.5. The largest absolute Gasteiger partial charge is 0.342 e. The van der Waals surface area contributed by atoms with Crippen molar-refractivity contribution in [2.75, 3.05) is 59.9 Å². The van der Waals surface area contributed by atoms with Crippen molar-refractivity contribution in [2.45, 2.75) is 32.2 Å². The van der Waals surface area contributed by atoms with E-state index in [4.69, 9.17) is 0 Å². The molecule has 2 saturated heterocycles. The fourth-order valence-electron chi connectivity index (χ4n) is 3.92. The van der Waals surface area contributed by atoms with Crippen molar-refractivity contribution in [3.8, 4) is 0 Å². The number of rotatable bonds is 4. The monoisotopic (exact) mass is 336 g/mol. The van der Waals surface area contributed by atoms with Gasteiger partial charge >= 0.3 is 0 Å². The van der Waals surface area contributed by atoms with Crippen LogP contribution >= 0.6 is 0 Å². The lowest BCUT2D eigenvalue weighted by Crippen LogP contribution is -2.52. The van der Waals surface area contributed by atoms with Gasteiger partial charge in [0.05, 0.1) is 6.54 Å². The molecule has 1 saturated carbocycles. The normalized spacial score (nSPS) is 29.5. The third-order valence-corrected chi connectivity index (χ3v) is 6.09. The summed E-state index contributed by atoms with van der Waals surface area (Å²) in [5, 5.41) is 0. The van der Waals surface area contributed by atoms with Gasteiger partial charge in [0, 0.05) is 58.3 Å². The lowest BCUT2D eigenvalue weighted by molar-refractivity contribution is -0.137. The van der Waals surface area contributed by atoms with E-state index in [1.807, 2.05) is 16.8 Å². The standard InChI is InChI=1S/C18H32N4O2/c1-14-12-16(14)18(24)20(3)15-4-6-21(7-5-15)13-17(23)22-10-8-19(2)9-11-22/h14-16H,4-13H2,1-3H3/t14-,16-/m0/s1. The van der Waals surface area contributed by atoms with E-state index in [0.717, 1.165) is 58.5 Å². The highest BCUT2D eigenvalue weighted by molar-refractivity contribution is 5.81. The molecule has 136 valence electrons. The number of likely N-dealkylation sites (tertiary alicyclic amines) is 1. The first kappa shape index (κ1) is 17.7. The number of piperidine rings is 1. The second kappa shape index (κ2) is 7.40. The topological polar surface area (TPSA) is 47.1 Å². The van der Waals surface area contributed by atoms with Crippen molar-refractivity contribution in [3.05, 3.63) is 0 Å². The molecule has 6 nitrogen and oxygen atoms in total. The Balaban J connectivity index is 1.40. The number of amides is 2. The first-order valence-electron chi connectivity index (χ1n) is 9.41. The Kier molecular flexibility index (Phi) is 5.45. The zero-order valence-corrected chi connectivity index (χ0v) is 15.4.